The molecule has 2 rings (SSSR count). The van der Waals surface area contributed by atoms with Gasteiger partial charge in [-0.15, -0.1) is 0 Å². The van der Waals surface area contributed by atoms with Gasteiger partial charge in [0.15, 0.2) is 0 Å². The summed E-state index contributed by atoms with van der Waals surface area (Å²) in [5, 5.41) is 4.72. The minimum atomic E-state index is 0.111. The lowest BCUT2D eigenvalue weighted by Crippen LogP contribution is -2.35. The van der Waals surface area contributed by atoms with Crippen molar-refractivity contribution in [3.63, 3.8) is 0 Å². The van der Waals surface area contributed by atoms with Crippen LogP contribution in [-0.4, -0.2) is 5.54 Å². The first-order valence-electron chi connectivity index (χ1n) is 6.66. The molecule has 0 spiro atoms. The molecule has 1 aromatic heterocycles. The van der Waals surface area contributed by atoms with E-state index in [4.69, 9.17) is 4.42 Å². The van der Waals surface area contributed by atoms with Crippen molar-refractivity contribution >= 4 is 11.0 Å². The van der Waals surface area contributed by atoms with Crippen LogP contribution in [0.15, 0.2) is 22.6 Å². The van der Waals surface area contributed by atoms with Gasteiger partial charge in [0.25, 0.3) is 0 Å². The van der Waals surface area contributed by atoms with Crippen molar-refractivity contribution in [3.8, 4) is 0 Å². The van der Waals surface area contributed by atoms with Crippen LogP contribution in [0.3, 0.4) is 0 Å². The van der Waals surface area contributed by atoms with Gasteiger partial charge in [-0.05, 0) is 57.4 Å². The maximum atomic E-state index is 5.93. The summed E-state index contributed by atoms with van der Waals surface area (Å²) in [6, 6.07) is 6.47. The first-order valence-corrected chi connectivity index (χ1v) is 6.66. The molecule has 0 aliphatic rings. The van der Waals surface area contributed by atoms with Gasteiger partial charge in [-0.2, -0.15) is 0 Å². The van der Waals surface area contributed by atoms with Gasteiger partial charge >= 0.3 is 0 Å². The van der Waals surface area contributed by atoms with Gasteiger partial charge in [0.05, 0.1) is 6.54 Å². The monoisotopic (exact) mass is 245 g/mol. The summed E-state index contributed by atoms with van der Waals surface area (Å²) >= 11 is 0. The Bertz CT molecular complexity index is 546. The number of hydrogen-bond acceptors (Lipinski definition) is 2. The number of furan rings is 1. The molecule has 2 heteroatoms. The Morgan fingerprint density at radius 3 is 2.56 bits per heavy atom. The van der Waals surface area contributed by atoms with Crippen LogP contribution in [0.2, 0.25) is 0 Å². The molecule has 0 unspecified atom stereocenters. The molecule has 0 fully saturated rings. The maximum Gasteiger partial charge on any atom is 0.134 e. The molecule has 0 amide bonds. The molecule has 1 heterocycles. The fourth-order valence-corrected chi connectivity index (χ4v) is 2.05. The molecule has 98 valence electrons. The van der Waals surface area contributed by atoms with Crippen LogP contribution in [0.5, 0.6) is 0 Å². The standard InChI is InChI=1S/C16H23NO/c1-6-12-7-8-14-13(9-12)11(2)15(18-14)10-17-16(3,4)5/h7-9,17H,6,10H2,1-5H3. The second-order valence-electron chi connectivity index (χ2n) is 5.94. The van der Waals surface area contributed by atoms with Crippen LogP contribution in [0.4, 0.5) is 0 Å². The molecule has 0 saturated carbocycles. The van der Waals surface area contributed by atoms with Crippen LogP contribution in [-0.2, 0) is 13.0 Å². The SMILES string of the molecule is CCc1ccc2oc(CNC(C)(C)C)c(C)c2c1. The third-order valence-corrected chi connectivity index (χ3v) is 3.29. The minimum Gasteiger partial charge on any atom is -0.459 e. The zero-order valence-corrected chi connectivity index (χ0v) is 12.1. The minimum absolute atomic E-state index is 0.111. The summed E-state index contributed by atoms with van der Waals surface area (Å²) in [5.41, 5.74) is 3.73. The van der Waals surface area contributed by atoms with E-state index in [-0.39, 0.29) is 5.54 Å². The summed E-state index contributed by atoms with van der Waals surface area (Å²) < 4.78 is 5.93. The second-order valence-corrected chi connectivity index (χ2v) is 5.94. The third-order valence-electron chi connectivity index (χ3n) is 3.29. The van der Waals surface area contributed by atoms with Crippen LogP contribution < -0.4 is 5.32 Å². The number of hydrogen-bond donors (Lipinski definition) is 1. The molecule has 0 saturated heterocycles. The van der Waals surface area contributed by atoms with Crippen LogP contribution in [0.1, 0.15) is 44.6 Å². The number of fused-ring (bicyclic) bond motifs is 1. The maximum absolute atomic E-state index is 5.93. The predicted molar refractivity (Wildman–Crippen MR) is 76.9 cm³/mol. The van der Waals surface area contributed by atoms with Crippen molar-refractivity contribution < 1.29 is 4.42 Å². The predicted octanol–water partition coefficient (Wildman–Crippen LogP) is 4.19. The Kier molecular flexibility index (Phi) is 3.49. The zero-order chi connectivity index (χ0) is 13.3. The summed E-state index contributed by atoms with van der Waals surface area (Å²) in [4.78, 5) is 0. The van der Waals surface area contributed by atoms with Crippen molar-refractivity contribution in [1.29, 1.82) is 0 Å². The molecule has 1 N–H and O–H groups in total. The third kappa shape index (κ3) is 2.75. The molecule has 0 aliphatic heterocycles. The van der Waals surface area contributed by atoms with E-state index in [2.05, 4.69) is 58.1 Å². The van der Waals surface area contributed by atoms with Crippen LogP contribution >= 0.6 is 0 Å². The molecule has 2 aromatic rings. The van der Waals surface area contributed by atoms with E-state index in [0.29, 0.717) is 0 Å². The summed E-state index contributed by atoms with van der Waals surface area (Å²) in [5.74, 6) is 1.05. The highest BCUT2D eigenvalue weighted by Crippen LogP contribution is 2.26. The van der Waals surface area contributed by atoms with Crippen LogP contribution in [0.25, 0.3) is 11.0 Å². The Morgan fingerprint density at radius 1 is 1.22 bits per heavy atom. The van der Waals surface area contributed by atoms with E-state index < -0.39 is 0 Å². The molecule has 0 aliphatic carbocycles. The highest BCUT2D eigenvalue weighted by Gasteiger charge is 2.14. The van der Waals surface area contributed by atoms with Crippen molar-refractivity contribution in [2.45, 2.75) is 53.1 Å². The van der Waals surface area contributed by atoms with Gasteiger partial charge in [0, 0.05) is 10.9 Å². The zero-order valence-electron chi connectivity index (χ0n) is 12.1. The van der Waals surface area contributed by atoms with Crippen molar-refractivity contribution in [1.82, 2.24) is 5.32 Å². The summed E-state index contributed by atoms with van der Waals surface area (Å²) in [6.07, 6.45) is 1.07. The molecular weight excluding hydrogens is 222 g/mol. The Balaban J connectivity index is 2.32. The van der Waals surface area contributed by atoms with Gasteiger partial charge in [0.2, 0.25) is 0 Å². The molecule has 2 nitrogen and oxygen atoms in total. The summed E-state index contributed by atoms with van der Waals surface area (Å²) in [7, 11) is 0. The van der Waals surface area contributed by atoms with Crippen LogP contribution in [0, 0.1) is 6.92 Å². The van der Waals surface area contributed by atoms with E-state index in [0.717, 1.165) is 24.3 Å². The first kappa shape index (κ1) is 13.2. The van der Waals surface area contributed by atoms with E-state index in [9.17, 15) is 0 Å². The van der Waals surface area contributed by atoms with E-state index in [1.54, 1.807) is 0 Å². The normalized spacial score (nSPS) is 12.3. The van der Waals surface area contributed by atoms with Gasteiger partial charge in [-0.25, -0.2) is 0 Å². The molecule has 1 aromatic carbocycles. The number of benzene rings is 1. The van der Waals surface area contributed by atoms with Gasteiger partial charge < -0.3 is 9.73 Å². The average Bonchev–Trinajstić information content (AvgIpc) is 2.62. The summed E-state index contributed by atoms with van der Waals surface area (Å²) in [6.45, 7) is 11.6. The Hall–Kier alpha value is -1.28. The van der Waals surface area contributed by atoms with Crippen molar-refractivity contribution in [2.24, 2.45) is 0 Å². The molecular formula is C16H23NO. The highest BCUT2D eigenvalue weighted by atomic mass is 16.3. The Labute approximate surface area is 109 Å². The largest absolute Gasteiger partial charge is 0.459 e. The average molecular weight is 245 g/mol. The lowest BCUT2D eigenvalue weighted by atomic mass is 10.1. The Morgan fingerprint density at radius 2 is 1.94 bits per heavy atom. The van der Waals surface area contributed by atoms with E-state index in [1.165, 1.54) is 16.5 Å². The quantitative estimate of drug-likeness (QED) is 0.877. The first-order chi connectivity index (χ1) is 8.40. The van der Waals surface area contributed by atoms with E-state index >= 15 is 0 Å². The van der Waals surface area contributed by atoms with E-state index in [1.807, 2.05) is 0 Å². The number of rotatable bonds is 3. The lowest BCUT2D eigenvalue weighted by Gasteiger charge is -2.19. The fraction of sp³-hybridized carbons (Fsp3) is 0.500. The van der Waals surface area contributed by atoms with Gasteiger partial charge in [-0.3, -0.25) is 0 Å². The van der Waals surface area contributed by atoms with Gasteiger partial charge in [0.1, 0.15) is 11.3 Å². The smallest absolute Gasteiger partial charge is 0.134 e. The second kappa shape index (κ2) is 4.77. The topological polar surface area (TPSA) is 25.2 Å². The molecule has 0 atom stereocenters. The number of aryl methyl sites for hydroxylation is 2. The lowest BCUT2D eigenvalue weighted by molar-refractivity contribution is 0.394. The molecule has 0 bridgehead atoms. The van der Waals surface area contributed by atoms with Crippen molar-refractivity contribution in [3.05, 3.63) is 35.1 Å². The van der Waals surface area contributed by atoms with Crippen molar-refractivity contribution in [2.75, 3.05) is 0 Å². The highest BCUT2D eigenvalue weighted by molar-refractivity contribution is 5.82. The molecule has 0 radical (unpaired) electrons. The van der Waals surface area contributed by atoms with Gasteiger partial charge in [-0.1, -0.05) is 13.0 Å². The molecule has 18 heavy (non-hydrogen) atoms. The number of nitrogens with one attached hydrogen (secondary N) is 1. The fourth-order valence-electron chi connectivity index (χ4n) is 2.05.